The monoisotopic (exact) mass is 461 g/mol. The Labute approximate surface area is 191 Å². The van der Waals surface area contributed by atoms with Gasteiger partial charge in [-0.3, -0.25) is 9.78 Å². The van der Waals surface area contributed by atoms with Gasteiger partial charge in [0.1, 0.15) is 5.82 Å². The minimum atomic E-state index is -0.295. The van der Waals surface area contributed by atoms with Gasteiger partial charge in [-0.1, -0.05) is 23.9 Å². The third kappa shape index (κ3) is 4.65. The van der Waals surface area contributed by atoms with Gasteiger partial charge >= 0.3 is 0 Å². The SMILES string of the molecule is CSN1CCN(C(=O)c2cnc3ccc(F)cc3c2N2CCN(SC3CC3)CC2)CC1. The van der Waals surface area contributed by atoms with Crippen LogP contribution < -0.4 is 4.90 Å². The predicted molar refractivity (Wildman–Crippen MR) is 127 cm³/mol. The van der Waals surface area contributed by atoms with Crippen molar-refractivity contribution in [2.75, 3.05) is 63.5 Å². The maximum atomic E-state index is 14.2. The van der Waals surface area contributed by atoms with Crippen LogP contribution in [0.25, 0.3) is 10.9 Å². The molecule has 1 aliphatic carbocycles. The van der Waals surface area contributed by atoms with Gasteiger partial charge in [-0.05, 0) is 37.3 Å². The lowest BCUT2D eigenvalue weighted by molar-refractivity contribution is 0.0704. The van der Waals surface area contributed by atoms with Gasteiger partial charge in [-0.15, -0.1) is 0 Å². The van der Waals surface area contributed by atoms with Gasteiger partial charge in [0.15, 0.2) is 0 Å². The molecule has 5 rings (SSSR count). The summed E-state index contributed by atoms with van der Waals surface area (Å²) in [6.45, 7) is 6.66. The van der Waals surface area contributed by atoms with Crippen molar-refractivity contribution in [3.63, 3.8) is 0 Å². The zero-order valence-electron chi connectivity index (χ0n) is 17.8. The molecule has 0 spiro atoms. The summed E-state index contributed by atoms with van der Waals surface area (Å²) in [6, 6.07) is 4.68. The molecular formula is C22H28FN5OS2. The molecule has 0 atom stereocenters. The van der Waals surface area contributed by atoms with Crippen LogP contribution in [0.5, 0.6) is 0 Å². The van der Waals surface area contributed by atoms with E-state index in [0.717, 1.165) is 61.1 Å². The molecule has 2 saturated heterocycles. The highest BCUT2D eigenvalue weighted by molar-refractivity contribution is 7.97. The molecule has 3 heterocycles. The van der Waals surface area contributed by atoms with E-state index < -0.39 is 0 Å². The van der Waals surface area contributed by atoms with Crippen molar-refractivity contribution in [1.82, 2.24) is 18.5 Å². The molecule has 1 aromatic heterocycles. The Morgan fingerprint density at radius 1 is 1.03 bits per heavy atom. The molecule has 31 heavy (non-hydrogen) atoms. The molecule has 0 unspecified atom stereocenters. The average molecular weight is 462 g/mol. The van der Waals surface area contributed by atoms with Crippen molar-refractivity contribution in [3.05, 3.63) is 35.8 Å². The molecule has 6 nitrogen and oxygen atoms in total. The number of hydrogen-bond donors (Lipinski definition) is 0. The van der Waals surface area contributed by atoms with Gasteiger partial charge in [0.2, 0.25) is 0 Å². The van der Waals surface area contributed by atoms with Crippen molar-refractivity contribution in [1.29, 1.82) is 0 Å². The van der Waals surface area contributed by atoms with Crippen molar-refractivity contribution >= 4 is 46.4 Å². The predicted octanol–water partition coefficient (Wildman–Crippen LogP) is 3.34. The largest absolute Gasteiger partial charge is 0.368 e. The van der Waals surface area contributed by atoms with Gasteiger partial charge in [0, 0.05) is 69.2 Å². The summed E-state index contributed by atoms with van der Waals surface area (Å²) in [5, 5.41) is 1.52. The lowest BCUT2D eigenvalue weighted by atomic mass is 10.1. The first-order chi connectivity index (χ1) is 15.1. The number of anilines is 1. The second-order valence-electron chi connectivity index (χ2n) is 8.31. The van der Waals surface area contributed by atoms with E-state index in [1.807, 2.05) is 16.8 Å². The van der Waals surface area contributed by atoms with Gasteiger partial charge in [0.25, 0.3) is 5.91 Å². The van der Waals surface area contributed by atoms with Crippen LogP contribution in [-0.2, 0) is 0 Å². The first kappa shape index (κ1) is 21.3. The van der Waals surface area contributed by atoms with Crippen LogP contribution in [-0.4, -0.2) is 88.3 Å². The number of carbonyl (C=O) groups excluding carboxylic acids is 1. The molecule has 3 aliphatic rings. The highest BCUT2D eigenvalue weighted by Crippen LogP contribution is 2.38. The van der Waals surface area contributed by atoms with Gasteiger partial charge < -0.3 is 9.80 Å². The fourth-order valence-electron chi connectivity index (χ4n) is 4.29. The smallest absolute Gasteiger partial charge is 0.257 e. The molecule has 2 aliphatic heterocycles. The maximum Gasteiger partial charge on any atom is 0.257 e. The standard InChI is InChI=1S/C22H28FN5OS2/c1-30-27-10-8-26(9-11-27)22(29)19-15-24-20-5-2-16(23)14-18(20)21(19)25-6-12-28(13-7-25)31-17-3-4-17/h2,5,14-15,17H,3-4,6-13H2,1H3. The van der Waals surface area contributed by atoms with E-state index in [1.54, 1.807) is 24.2 Å². The lowest BCUT2D eigenvalue weighted by Gasteiger charge is -2.38. The van der Waals surface area contributed by atoms with Crippen LogP contribution in [0.3, 0.4) is 0 Å². The zero-order chi connectivity index (χ0) is 21.4. The van der Waals surface area contributed by atoms with E-state index >= 15 is 0 Å². The Balaban J connectivity index is 1.44. The highest BCUT2D eigenvalue weighted by Gasteiger charge is 2.31. The minimum absolute atomic E-state index is 0.00389. The zero-order valence-corrected chi connectivity index (χ0v) is 19.4. The summed E-state index contributed by atoms with van der Waals surface area (Å²) in [5.74, 6) is -0.291. The Hall–Kier alpha value is -1.55. The number of amides is 1. The van der Waals surface area contributed by atoms with E-state index in [2.05, 4.69) is 24.8 Å². The molecule has 166 valence electrons. The normalized spacial score (nSPS) is 21.1. The van der Waals surface area contributed by atoms with Gasteiger partial charge in [-0.25, -0.2) is 13.0 Å². The molecule has 2 aromatic rings. The van der Waals surface area contributed by atoms with Crippen molar-refractivity contribution in [2.45, 2.75) is 18.1 Å². The van der Waals surface area contributed by atoms with Crippen LogP contribution in [0.15, 0.2) is 24.4 Å². The van der Waals surface area contributed by atoms with E-state index in [0.29, 0.717) is 18.7 Å². The summed E-state index contributed by atoms with van der Waals surface area (Å²) in [4.78, 5) is 22.2. The Morgan fingerprint density at radius 2 is 1.74 bits per heavy atom. The van der Waals surface area contributed by atoms with Crippen molar-refractivity contribution < 1.29 is 9.18 Å². The molecule has 0 radical (unpaired) electrons. The van der Waals surface area contributed by atoms with E-state index in [1.165, 1.54) is 25.0 Å². The van der Waals surface area contributed by atoms with Gasteiger partial charge in [0.05, 0.1) is 16.8 Å². The van der Waals surface area contributed by atoms with Crippen LogP contribution in [0.1, 0.15) is 23.2 Å². The summed E-state index contributed by atoms with van der Waals surface area (Å²) in [5.41, 5.74) is 2.17. The second-order valence-corrected chi connectivity index (χ2v) is 10.6. The number of fused-ring (bicyclic) bond motifs is 1. The van der Waals surface area contributed by atoms with E-state index in [9.17, 15) is 9.18 Å². The fourth-order valence-corrected chi connectivity index (χ4v) is 5.96. The lowest BCUT2D eigenvalue weighted by Crippen LogP contribution is -2.47. The number of benzene rings is 1. The number of nitrogens with zero attached hydrogens (tertiary/aromatic N) is 5. The number of piperazine rings is 2. The summed E-state index contributed by atoms with van der Waals surface area (Å²) in [7, 11) is 0. The molecule has 0 bridgehead atoms. The van der Waals surface area contributed by atoms with Gasteiger partial charge in [-0.2, -0.15) is 0 Å². The maximum absolute atomic E-state index is 14.2. The summed E-state index contributed by atoms with van der Waals surface area (Å²) in [6.07, 6.45) is 6.41. The molecule has 1 aromatic carbocycles. The summed E-state index contributed by atoms with van der Waals surface area (Å²) < 4.78 is 18.9. The van der Waals surface area contributed by atoms with Crippen LogP contribution in [0.2, 0.25) is 0 Å². The highest BCUT2D eigenvalue weighted by atomic mass is 32.2. The third-order valence-corrected chi connectivity index (χ3v) is 8.51. The quantitative estimate of drug-likeness (QED) is 0.633. The number of carbonyl (C=O) groups is 1. The van der Waals surface area contributed by atoms with Crippen LogP contribution in [0, 0.1) is 5.82 Å². The fraction of sp³-hybridized carbons (Fsp3) is 0.545. The third-order valence-electron chi connectivity index (χ3n) is 6.19. The van der Waals surface area contributed by atoms with Crippen LogP contribution in [0.4, 0.5) is 10.1 Å². The number of hydrogen-bond acceptors (Lipinski definition) is 7. The molecule has 3 fully saturated rings. The molecular weight excluding hydrogens is 433 g/mol. The van der Waals surface area contributed by atoms with E-state index in [4.69, 9.17) is 0 Å². The average Bonchev–Trinajstić information content (AvgIpc) is 3.62. The Morgan fingerprint density at radius 3 is 2.42 bits per heavy atom. The summed E-state index contributed by atoms with van der Waals surface area (Å²) >= 11 is 3.70. The number of rotatable bonds is 5. The van der Waals surface area contributed by atoms with Crippen molar-refractivity contribution in [2.24, 2.45) is 0 Å². The Kier molecular flexibility index (Phi) is 6.28. The van der Waals surface area contributed by atoms with Crippen LogP contribution >= 0.6 is 23.9 Å². The molecule has 0 N–H and O–H groups in total. The Bertz CT molecular complexity index is 956. The second kappa shape index (κ2) is 9.13. The number of pyridine rings is 1. The molecule has 1 saturated carbocycles. The minimum Gasteiger partial charge on any atom is -0.368 e. The first-order valence-electron chi connectivity index (χ1n) is 11.0. The first-order valence-corrected chi connectivity index (χ1v) is 13.0. The number of halogens is 1. The topological polar surface area (TPSA) is 42.9 Å². The molecule has 1 amide bonds. The number of aromatic nitrogens is 1. The van der Waals surface area contributed by atoms with E-state index in [-0.39, 0.29) is 11.7 Å². The molecule has 9 heteroatoms. The van der Waals surface area contributed by atoms with Crippen molar-refractivity contribution in [3.8, 4) is 0 Å².